The Labute approximate surface area is 180 Å². The molecule has 31 heavy (non-hydrogen) atoms. The van der Waals surface area contributed by atoms with Gasteiger partial charge in [-0.2, -0.15) is 5.26 Å². The first kappa shape index (κ1) is 21.3. The lowest BCUT2D eigenvalue weighted by molar-refractivity contribution is -0.112. The molecule has 154 valence electrons. The van der Waals surface area contributed by atoms with Gasteiger partial charge in [0.2, 0.25) is 0 Å². The average Bonchev–Trinajstić information content (AvgIpc) is 2.78. The molecule has 3 rings (SSSR count). The van der Waals surface area contributed by atoms with Crippen LogP contribution in [-0.2, 0) is 11.4 Å². The number of aryl methyl sites for hydroxylation is 1. The highest BCUT2D eigenvalue weighted by Gasteiger charge is 2.10. The molecule has 0 spiro atoms. The fourth-order valence-corrected chi connectivity index (χ4v) is 2.79. The van der Waals surface area contributed by atoms with Crippen molar-refractivity contribution in [1.29, 1.82) is 5.26 Å². The molecule has 3 aromatic rings. The maximum absolute atomic E-state index is 12.4. The van der Waals surface area contributed by atoms with Gasteiger partial charge in [-0.3, -0.25) is 4.79 Å². The van der Waals surface area contributed by atoms with E-state index in [-0.39, 0.29) is 17.7 Å². The molecule has 0 aliphatic rings. The van der Waals surface area contributed by atoms with Crippen LogP contribution in [0.2, 0.25) is 0 Å². The molecule has 6 nitrogen and oxygen atoms in total. The van der Waals surface area contributed by atoms with E-state index in [0.29, 0.717) is 17.0 Å². The molecular weight excluding hydrogens is 392 g/mol. The largest absolute Gasteiger partial charge is 0.489 e. The van der Waals surface area contributed by atoms with Crippen LogP contribution in [-0.4, -0.2) is 17.0 Å². The number of carbonyl (C=O) groups is 2. The number of carboxylic acid groups (broad SMARTS) is 1. The van der Waals surface area contributed by atoms with E-state index in [9.17, 15) is 14.9 Å². The van der Waals surface area contributed by atoms with Crippen molar-refractivity contribution in [2.45, 2.75) is 13.5 Å². The predicted molar refractivity (Wildman–Crippen MR) is 118 cm³/mol. The maximum Gasteiger partial charge on any atom is 0.335 e. The van der Waals surface area contributed by atoms with Crippen LogP contribution in [0.5, 0.6) is 5.75 Å². The standard InChI is InChI=1S/C25H20N2O4/c1-17-4-2-3-5-23(17)27-24(28)21(15-26)14-18-8-12-22(13-9-18)31-16-19-6-10-20(11-7-19)25(29)30/h2-14H,16H2,1H3,(H,27,28)(H,29,30)/b21-14-. The minimum Gasteiger partial charge on any atom is -0.489 e. The minimum atomic E-state index is -0.972. The van der Waals surface area contributed by atoms with Crippen molar-refractivity contribution in [1.82, 2.24) is 0 Å². The summed E-state index contributed by atoms with van der Waals surface area (Å²) in [5.74, 6) is -0.829. The van der Waals surface area contributed by atoms with Crippen molar-refractivity contribution in [2.75, 3.05) is 5.32 Å². The van der Waals surface area contributed by atoms with E-state index in [1.807, 2.05) is 31.2 Å². The molecule has 0 radical (unpaired) electrons. The Bertz CT molecular complexity index is 1160. The van der Waals surface area contributed by atoms with Crippen LogP contribution >= 0.6 is 0 Å². The van der Waals surface area contributed by atoms with Crippen LogP contribution < -0.4 is 10.1 Å². The van der Waals surface area contributed by atoms with Gasteiger partial charge in [0.1, 0.15) is 24.0 Å². The monoisotopic (exact) mass is 412 g/mol. The van der Waals surface area contributed by atoms with E-state index < -0.39 is 11.9 Å². The number of carboxylic acids is 1. The molecular formula is C25H20N2O4. The molecule has 0 unspecified atom stereocenters. The van der Waals surface area contributed by atoms with Crippen LogP contribution in [0.25, 0.3) is 6.08 Å². The van der Waals surface area contributed by atoms with Gasteiger partial charge < -0.3 is 15.2 Å². The van der Waals surface area contributed by atoms with E-state index in [0.717, 1.165) is 11.1 Å². The SMILES string of the molecule is Cc1ccccc1NC(=O)/C(C#N)=C\c1ccc(OCc2ccc(C(=O)O)cc2)cc1. The lowest BCUT2D eigenvalue weighted by Crippen LogP contribution is -2.14. The van der Waals surface area contributed by atoms with E-state index in [1.165, 1.54) is 18.2 Å². The molecule has 0 bridgehead atoms. The van der Waals surface area contributed by atoms with E-state index in [4.69, 9.17) is 9.84 Å². The molecule has 2 N–H and O–H groups in total. The Balaban J connectivity index is 1.63. The summed E-state index contributed by atoms with van der Waals surface area (Å²) >= 11 is 0. The fraction of sp³-hybridized carbons (Fsp3) is 0.0800. The Morgan fingerprint density at radius 2 is 1.71 bits per heavy atom. The van der Waals surface area contributed by atoms with Crippen molar-refractivity contribution in [3.63, 3.8) is 0 Å². The highest BCUT2D eigenvalue weighted by atomic mass is 16.5. The van der Waals surface area contributed by atoms with Gasteiger partial charge in [0.05, 0.1) is 5.56 Å². The van der Waals surface area contributed by atoms with Gasteiger partial charge in [-0.1, -0.05) is 42.5 Å². The van der Waals surface area contributed by atoms with Crippen LogP contribution in [0.3, 0.4) is 0 Å². The topological polar surface area (TPSA) is 99.4 Å². The summed E-state index contributed by atoms with van der Waals surface area (Å²) in [7, 11) is 0. The number of hydrogen-bond donors (Lipinski definition) is 2. The first-order valence-corrected chi connectivity index (χ1v) is 9.50. The lowest BCUT2D eigenvalue weighted by atomic mass is 10.1. The number of ether oxygens (including phenoxy) is 1. The number of para-hydroxylation sites is 1. The van der Waals surface area contributed by atoms with Gasteiger partial charge in [-0.25, -0.2) is 4.79 Å². The van der Waals surface area contributed by atoms with Gasteiger partial charge in [-0.15, -0.1) is 0 Å². The molecule has 0 saturated carbocycles. The molecule has 0 saturated heterocycles. The second-order valence-corrected chi connectivity index (χ2v) is 6.80. The summed E-state index contributed by atoms with van der Waals surface area (Å²) < 4.78 is 5.71. The smallest absolute Gasteiger partial charge is 0.335 e. The van der Waals surface area contributed by atoms with Crippen LogP contribution in [0.15, 0.2) is 78.4 Å². The number of rotatable bonds is 7. The van der Waals surface area contributed by atoms with Gasteiger partial charge in [0.15, 0.2) is 0 Å². The Kier molecular flexibility index (Phi) is 6.82. The molecule has 6 heteroatoms. The van der Waals surface area contributed by atoms with Gasteiger partial charge in [-0.05, 0) is 60.0 Å². The summed E-state index contributed by atoms with van der Waals surface area (Å²) in [5.41, 5.74) is 3.32. The Morgan fingerprint density at radius 1 is 1.03 bits per heavy atom. The molecule has 3 aromatic carbocycles. The highest BCUT2D eigenvalue weighted by Crippen LogP contribution is 2.18. The Morgan fingerprint density at radius 3 is 2.32 bits per heavy atom. The third-order valence-corrected chi connectivity index (χ3v) is 4.56. The number of anilines is 1. The number of nitrogens with zero attached hydrogens (tertiary/aromatic N) is 1. The third-order valence-electron chi connectivity index (χ3n) is 4.56. The molecule has 0 aliphatic heterocycles. The Hall–Kier alpha value is -4.37. The molecule has 1 amide bonds. The zero-order valence-electron chi connectivity index (χ0n) is 16.8. The van der Waals surface area contributed by atoms with Crippen molar-refractivity contribution in [3.05, 3.63) is 101 Å². The van der Waals surface area contributed by atoms with Crippen LogP contribution in [0.4, 0.5) is 5.69 Å². The van der Waals surface area contributed by atoms with E-state index >= 15 is 0 Å². The summed E-state index contributed by atoms with van der Waals surface area (Å²) in [6, 6.07) is 22.7. The second kappa shape index (κ2) is 9.90. The number of nitriles is 1. The van der Waals surface area contributed by atoms with Crippen molar-refractivity contribution in [3.8, 4) is 11.8 Å². The van der Waals surface area contributed by atoms with Crippen LogP contribution in [0, 0.1) is 18.3 Å². The number of benzene rings is 3. The summed E-state index contributed by atoms with van der Waals surface area (Å²) in [4.78, 5) is 23.3. The molecule has 0 atom stereocenters. The average molecular weight is 412 g/mol. The molecule has 0 fully saturated rings. The highest BCUT2D eigenvalue weighted by molar-refractivity contribution is 6.09. The normalized spacial score (nSPS) is 10.8. The number of hydrogen-bond acceptors (Lipinski definition) is 4. The number of amides is 1. The van der Waals surface area contributed by atoms with Crippen molar-refractivity contribution < 1.29 is 19.4 Å². The second-order valence-electron chi connectivity index (χ2n) is 6.80. The first-order valence-electron chi connectivity index (χ1n) is 9.50. The summed E-state index contributed by atoms with van der Waals surface area (Å²) in [5, 5.41) is 21.1. The minimum absolute atomic E-state index is 0.00422. The van der Waals surface area contributed by atoms with Crippen molar-refractivity contribution >= 4 is 23.6 Å². The quantitative estimate of drug-likeness (QED) is 0.428. The van der Waals surface area contributed by atoms with E-state index in [2.05, 4.69) is 5.32 Å². The third kappa shape index (κ3) is 5.81. The maximum atomic E-state index is 12.4. The fourth-order valence-electron chi connectivity index (χ4n) is 2.79. The molecule has 0 aliphatic carbocycles. The summed E-state index contributed by atoms with van der Waals surface area (Å²) in [6.45, 7) is 2.17. The lowest BCUT2D eigenvalue weighted by Gasteiger charge is -2.08. The zero-order valence-corrected chi connectivity index (χ0v) is 16.8. The van der Waals surface area contributed by atoms with Gasteiger partial charge in [0.25, 0.3) is 5.91 Å². The zero-order chi connectivity index (χ0) is 22.2. The first-order chi connectivity index (χ1) is 15.0. The van der Waals surface area contributed by atoms with Crippen LogP contribution in [0.1, 0.15) is 27.0 Å². The van der Waals surface area contributed by atoms with Crippen molar-refractivity contribution in [2.24, 2.45) is 0 Å². The summed E-state index contributed by atoms with van der Waals surface area (Å²) in [6.07, 6.45) is 1.52. The van der Waals surface area contributed by atoms with Gasteiger partial charge in [0, 0.05) is 5.69 Å². The number of carbonyl (C=O) groups excluding carboxylic acids is 1. The molecule has 0 heterocycles. The molecule has 0 aromatic heterocycles. The van der Waals surface area contributed by atoms with E-state index in [1.54, 1.807) is 42.5 Å². The number of aromatic carboxylic acids is 1. The number of nitrogens with one attached hydrogen (secondary N) is 1. The predicted octanol–water partition coefficient (Wildman–Crippen LogP) is 4.82. The van der Waals surface area contributed by atoms with Gasteiger partial charge >= 0.3 is 5.97 Å².